The number of benzene rings is 1. The van der Waals surface area contributed by atoms with Crippen LogP contribution in [-0.2, 0) is 10.1 Å². The Morgan fingerprint density at radius 3 is 2.33 bits per heavy atom. The van der Waals surface area contributed by atoms with Crippen molar-refractivity contribution in [2.45, 2.75) is 6.92 Å². The number of aryl methyl sites for hydroxylation is 1. The summed E-state index contributed by atoms with van der Waals surface area (Å²) in [6.07, 6.45) is 3.91. The summed E-state index contributed by atoms with van der Waals surface area (Å²) in [5.74, 6) is 0. The van der Waals surface area contributed by atoms with Crippen molar-refractivity contribution in [3.8, 4) is 0 Å². The average Bonchev–Trinajstić information content (AvgIpc) is 2.47. The van der Waals surface area contributed by atoms with Gasteiger partial charge in [0, 0.05) is 18.2 Å². The fourth-order valence-corrected chi connectivity index (χ4v) is 2.36. The van der Waals surface area contributed by atoms with Crippen LogP contribution in [0.1, 0.15) is 16.8 Å². The van der Waals surface area contributed by atoms with Crippen LogP contribution in [0.2, 0.25) is 0 Å². The zero-order valence-corrected chi connectivity index (χ0v) is 13.7. The summed E-state index contributed by atoms with van der Waals surface area (Å²) >= 11 is 0. The Balaban J connectivity index is 2.41. The molecule has 0 fully saturated rings. The van der Waals surface area contributed by atoms with Crippen LogP contribution in [0.15, 0.2) is 41.2 Å². The van der Waals surface area contributed by atoms with Gasteiger partial charge < -0.3 is 0 Å². The molecular formula is C15H14N2O6S. The number of hydrogen-bond donors (Lipinski definition) is 0. The zero-order chi connectivity index (χ0) is 17.9. The third kappa shape index (κ3) is 4.53. The Labute approximate surface area is 137 Å². The van der Waals surface area contributed by atoms with E-state index in [9.17, 15) is 23.3 Å². The lowest BCUT2D eigenvalue weighted by molar-refractivity contribution is -0.384. The van der Waals surface area contributed by atoms with Crippen molar-refractivity contribution < 1.29 is 17.6 Å². The van der Waals surface area contributed by atoms with Crippen LogP contribution in [0.3, 0.4) is 0 Å². The summed E-state index contributed by atoms with van der Waals surface area (Å²) in [6, 6.07) is 8.57. The van der Waals surface area contributed by atoms with Crippen molar-refractivity contribution in [2.75, 3.05) is 6.26 Å². The lowest BCUT2D eigenvalue weighted by Gasteiger charge is -2.09. The highest BCUT2D eigenvalue weighted by Crippen LogP contribution is 2.14. The first-order valence-corrected chi connectivity index (χ1v) is 8.53. The molecule has 24 heavy (non-hydrogen) atoms. The van der Waals surface area contributed by atoms with Gasteiger partial charge >= 0.3 is 10.1 Å². The average molecular weight is 350 g/mol. The Hall–Kier alpha value is -2.94. The van der Waals surface area contributed by atoms with Gasteiger partial charge in [0.25, 0.3) is 11.2 Å². The minimum absolute atomic E-state index is 0.0416. The molecule has 0 atom stereocenters. The molecule has 2 aromatic rings. The Morgan fingerprint density at radius 2 is 1.79 bits per heavy atom. The number of nitro benzene ring substituents is 1. The van der Waals surface area contributed by atoms with Crippen LogP contribution in [-0.4, -0.2) is 24.3 Å². The van der Waals surface area contributed by atoms with E-state index in [1.54, 1.807) is 19.1 Å². The van der Waals surface area contributed by atoms with E-state index < -0.39 is 20.6 Å². The van der Waals surface area contributed by atoms with Gasteiger partial charge in [0.15, 0.2) is 0 Å². The van der Waals surface area contributed by atoms with E-state index in [4.69, 9.17) is 4.28 Å². The first kappa shape index (κ1) is 17.4. The predicted octanol–water partition coefficient (Wildman–Crippen LogP) is 1.62. The van der Waals surface area contributed by atoms with Crippen molar-refractivity contribution in [1.29, 1.82) is 0 Å². The van der Waals surface area contributed by atoms with Gasteiger partial charge in [-0.05, 0) is 42.3 Å². The molecule has 126 valence electrons. The summed E-state index contributed by atoms with van der Waals surface area (Å²) in [5.41, 5.74) is 0.838. The second-order valence-corrected chi connectivity index (χ2v) is 6.61. The standard InChI is InChI=1S/C15H14N2O6S/c1-11-9-14(16(15(18)10-11)23-24(2,21)22)8-5-12-3-6-13(7-4-12)17(19)20/h3-10H,1-2H3. The first-order chi connectivity index (χ1) is 11.2. The minimum atomic E-state index is -3.88. The van der Waals surface area contributed by atoms with E-state index in [0.29, 0.717) is 15.9 Å². The molecular weight excluding hydrogens is 336 g/mol. The summed E-state index contributed by atoms with van der Waals surface area (Å²) in [7, 11) is -3.88. The third-order valence-electron chi connectivity index (χ3n) is 2.92. The fraction of sp³-hybridized carbons (Fsp3) is 0.133. The van der Waals surface area contributed by atoms with Crippen LogP contribution in [0, 0.1) is 17.0 Å². The first-order valence-electron chi connectivity index (χ1n) is 6.72. The number of hydrogen-bond acceptors (Lipinski definition) is 6. The molecule has 1 aromatic carbocycles. The van der Waals surface area contributed by atoms with Gasteiger partial charge in [-0.25, -0.2) is 0 Å². The summed E-state index contributed by atoms with van der Waals surface area (Å²) < 4.78 is 28.0. The molecule has 0 N–H and O–H groups in total. The van der Waals surface area contributed by atoms with Gasteiger partial charge in [0.05, 0.1) is 16.9 Å². The maximum Gasteiger partial charge on any atom is 0.324 e. The van der Waals surface area contributed by atoms with Gasteiger partial charge in [-0.1, -0.05) is 6.08 Å². The Bertz CT molecular complexity index is 958. The highest BCUT2D eigenvalue weighted by atomic mass is 32.2. The number of nitro groups is 1. The van der Waals surface area contributed by atoms with E-state index in [-0.39, 0.29) is 11.4 Å². The molecule has 8 nitrogen and oxygen atoms in total. The SMILES string of the molecule is Cc1cc(C=Cc2ccc([N+](=O)[O-])cc2)n(OS(C)(=O)=O)c(=O)c1. The second kappa shape index (κ2) is 6.67. The quantitative estimate of drug-likeness (QED) is 0.599. The molecule has 0 aliphatic carbocycles. The number of pyridine rings is 1. The van der Waals surface area contributed by atoms with Crippen molar-refractivity contribution in [2.24, 2.45) is 0 Å². The number of non-ortho nitro benzene ring substituents is 1. The van der Waals surface area contributed by atoms with Crippen molar-refractivity contribution in [1.82, 2.24) is 4.73 Å². The number of nitrogens with zero attached hydrogens (tertiary/aromatic N) is 2. The highest BCUT2D eigenvalue weighted by Gasteiger charge is 2.10. The van der Waals surface area contributed by atoms with Crippen LogP contribution < -0.4 is 9.84 Å². The molecule has 9 heteroatoms. The molecule has 1 aromatic heterocycles. The van der Waals surface area contributed by atoms with E-state index in [2.05, 4.69) is 0 Å². The van der Waals surface area contributed by atoms with Crippen LogP contribution in [0.4, 0.5) is 5.69 Å². The monoisotopic (exact) mass is 350 g/mol. The Morgan fingerprint density at radius 1 is 1.17 bits per heavy atom. The van der Waals surface area contributed by atoms with Crippen molar-refractivity contribution in [3.05, 3.63) is 73.7 Å². The summed E-state index contributed by atoms with van der Waals surface area (Å²) in [6.45, 7) is 1.69. The molecule has 0 aliphatic rings. The molecule has 0 radical (unpaired) electrons. The molecule has 0 saturated carbocycles. The number of aromatic nitrogens is 1. The maximum atomic E-state index is 11.9. The minimum Gasteiger partial charge on any atom is -0.284 e. The molecule has 1 heterocycles. The van der Waals surface area contributed by atoms with Crippen molar-refractivity contribution >= 4 is 28.0 Å². The smallest absolute Gasteiger partial charge is 0.284 e. The van der Waals surface area contributed by atoms with Crippen LogP contribution in [0.25, 0.3) is 12.2 Å². The van der Waals surface area contributed by atoms with Crippen LogP contribution >= 0.6 is 0 Å². The van der Waals surface area contributed by atoms with Gasteiger partial charge in [-0.15, -0.1) is 4.73 Å². The van der Waals surface area contributed by atoms with Gasteiger partial charge in [-0.2, -0.15) is 8.42 Å². The summed E-state index contributed by atoms with van der Waals surface area (Å²) in [5, 5.41) is 10.6. The van der Waals surface area contributed by atoms with Crippen molar-refractivity contribution in [3.63, 3.8) is 0 Å². The normalized spacial score (nSPS) is 11.6. The van der Waals surface area contributed by atoms with E-state index >= 15 is 0 Å². The maximum absolute atomic E-state index is 11.9. The van der Waals surface area contributed by atoms with E-state index in [0.717, 1.165) is 6.26 Å². The molecule has 0 unspecified atom stereocenters. The van der Waals surface area contributed by atoms with Gasteiger partial charge in [0.1, 0.15) is 0 Å². The fourth-order valence-electron chi connectivity index (χ4n) is 1.93. The zero-order valence-electron chi connectivity index (χ0n) is 12.9. The van der Waals surface area contributed by atoms with Crippen LogP contribution in [0.5, 0.6) is 0 Å². The lowest BCUT2D eigenvalue weighted by atomic mass is 10.1. The molecule has 0 saturated heterocycles. The molecule has 0 spiro atoms. The largest absolute Gasteiger partial charge is 0.324 e. The Kier molecular flexibility index (Phi) is 4.84. The van der Waals surface area contributed by atoms with E-state index in [1.807, 2.05) is 0 Å². The molecule has 2 rings (SSSR count). The lowest BCUT2D eigenvalue weighted by Crippen LogP contribution is -2.31. The topological polar surface area (TPSA) is 109 Å². The molecule has 0 bridgehead atoms. The second-order valence-electron chi connectivity index (χ2n) is 5.05. The van der Waals surface area contributed by atoms with E-state index in [1.165, 1.54) is 36.4 Å². The molecule has 0 amide bonds. The third-order valence-corrected chi connectivity index (χ3v) is 3.34. The summed E-state index contributed by atoms with van der Waals surface area (Å²) in [4.78, 5) is 22.0. The van der Waals surface area contributed by atoms with Gasteiger partial charge in [-0.3, -0.25) is 19.2 Å². The van der Waals surface area contributed by atoms with Gasteiger partial charge in [0.2, 0.25) is 0 Å². The molecule has 0 aliphatic heterocycles. The highest BCUT2D eigenvalue weighted by molar-refractivity contribution is 7.86. The number of rotatable bonds is 5. The predicted molar refractivity (Wildman–Crippen MR) is 88.9 cm³/mol.